The van der Waals surface area contributed by atoms with Crippen LogP contribution in [0.4, 0.5) is 16.6 Å². The van der Waals surface area contributed by atoms with E-state index in [1.54, 1.807) is 10.9 Å². The van der Waals surface area contributed by atoms with E-state index in [4.69, 9.17) is 24.9 Å². The molecule has 2 saturated heterocycles. The van der Waals surface area contributed by atoms with Crippen molar-refractivity contribution in [3.05, 3.63) is 36.4 Å². The maximum atomic E-state index is 12.6. The van der Waals surface area contributed by atoms with Crippen LogP contribution in [0.2, 0.25) is 0 Å². The van der Waals surface area contributed by atoms with Crippen molar-refractivity contribution in [2.24, 2.45) is 5.41 Å². The van der Waals surface area contributed by atoms with Gasteiger partial charge in [0.25, 0.3) is 0 Å². The molecule has 14 heteroatoms. The molecule has 5 N–H and O–H groups in total. The molecule has 0 saturated carbocycles. The Labute approximate surface area is 268 Å². The van der Waals surface area contributed by atoms with Crippen LogP contribution in [-0.2, 0) is 19.6 Å². The van der Waals surface area contributed by atoms with E-state index >= 15 is 0 Å². The van der Waals surface area contributed by atoms with Gasteiger partial charge in [-0.25, -0.2) is 24.7 Å². The number of imidazole rings is 2. The lowest BCUT2D eigenvalue weighted by Crippen LogP contribution is -2.45. The van der Waals surface area contributed by atoms with Gasteiger partial charge in [0.05, 0.1) is 23.9 Å². The smallest absolute Gasteiger partial charge is 0.407 e. The third kappa shape index (κ3) is 6.20. The zero-order valence-electron chi connectivity index (χ0n) is 27.7. The number of nitrogens with two attached hydrogens (primary N) is 1. The predicted octanol–water partition coefficient (Wildman–Crippen LogP) is 4.90. The molecule has 1 amide bonds. The third-order valence-corrected chi connectivity index (χ3v) is 8.85. The van der Waals surface area contributed by atoms with Crippen molar-refractivity contribution in [1.82, 2.24) is 34.4 Å². The molecule has 0 bridgehead atoms. The summed E-state index contributed by atoms with van der Waals surface area (Å²) >= 11 is 0. The largest absolute Gasteiger partial charge is 0.465 e. The minimum absolute atomic E-state index is 0.0184. The molecule has 0 spiro atoms. The molecule has 2 aliphatic heterocycles. The van der Waals surface area contributed by atoms with Gasteiger partial charge in [-0.2, -0.15) is 0 Å². The minimum atomic E-state index is -1.04. The van der Waals surface area contributed by atoms with Crippen LogP contribution in [0.25, 0.3) is 22.2 Å². The molecule has 0 aliphatic carbocycles. The fourth-order valence-corrected chi connectivity index (χ4v) is 6.28. The zero-order valence-corrected chi connectivity index (χ0v) is 27.7. The van der Waals surface area contributed by atoms with Gasteiger partial charge < -0.3 is 40.3 Å². The number of amides is 1. The highest BCUT2D eigenvalue weighted by Gasteiger charge is 2.56. The van der Waals surface area contributed by atoms with Crippen LogP contribution in [0.3, 0.4) is 0 Å². The van der Waals surface area contributed by atoms with E-state index < -0.39 is 36.4 Å². The molecule has 1 unspecified atom stereocenters. The molecule has 5 atom stereocenters. The summed E-state index contributed by atoms with van der Waals surface area (Å²) in [6.45, 7) is 17.0. The van der Waals surface area contributed by atoms with E-state index in [0.717, 1.165) is 11.0 Å². The van der Waals surface area contributed by atoms with E-state index in [0.29, 0.717) is 23.5 Å². The maximum absolute atomic E-state index is 12.6. The number of aromatic nitrogens is 6. The second-order valence-electron chi connectivity index (χ2n) is 14.9. The first-order chi connectivity index (χ1) is 21.5. The number of aromatic amines is 1. The molecule has 248 valence electrons. The number of rotatable bonds is 8. The summed E-state index contributed by atoms with van der Waals surface area (Å²) in [5, 5.41) is 13.9. The predicted molar refractivity (Wildman–Crippen MR) is 173 cm³/mol. The lowest BCUT2D eigenvalue weighted by Gasteiger charge is -2.34. The van der Waals surface area contributed by atoms with E-state index in [1.807, 2.05) is 19.9 Å². The Kier molecular flexibility index (Phi) is 7.88. The normalized spacial score (nSPS) is 23.6. The van der Waals surface area contributed by atoms with Gasteiger partial charge in [-0.05, 0) is 48.8 Å². The highest BCUT2D eigenvalue weighted by molar-refractivity contribution is 5.81. The van der Waals surface area contributed by atoms with E-state index in [1.165, 1.54) is 16.8 Å². The Morgan fingerprint density at radius 2 is 1.89 bits per heavy atom. The molecular weight excluding hydrogens is 590 g/mol. The number of nitrogens with zero attached hydrogens (tertiary/aromatic N) is 6. The summed E-state index contributed by atoms with van der Waals surface area (Å²) in [7, 11) is 0. The second kappa shape index (κ2) is 11.4. The van der Waals surface area contributed by atoms with Gasteiger partial charge in [-0.1, -0.05) is 47.6 Å². The highest BCUT2D eigenvalue weighted by Crippen LogP contribution is 2.44. The van der Waals surface area contributed by atoms with Crippen LogP contribution < -0.4 is 11.1 Å². The molecule has 2 aliphatic rings. The van der Waals surface area contributed by atoms with Gasteiger partial charge in [0.15, 0.2) is 23.5 Å². The number of ether oxygens (including phenoxy) is 3. The summed E-state index contributed by atoms with van der Waals surface area (Å²) in [6.07, 6.45) is 0.182. The quantitative estimate of drug-likeness (QED) is 0.207. The number of nitrogen functional groups attached to an aromatic ring is 1. The first kappa shape index (κ1) is 32.0. The summed E-state index contributed by atoms with van der Waals surface area (Å²) in [4.78, 5) is 34.9. The van der Waals surface area contributed by atoms with Gasteiger partial charge in [0.1, 0.15) is 30.2 Å². The van der Waals surface area contributed by atoms with Gasteiger partial charge in [0, 0.05) is 12.6 Å². The summed E-state index contributed by atoms with van der Waals surface area (Å²) in [5.74, 6) is 0.0359. The number of anilines is 2. The average molecular weight is 636 g/mol. The first-order valence-corrected chi connectivity index (χ1v) is 15.7. The number of H-pyrrole nitrogens is 1. The molecule has 46 heavy (non-hydrogen) atoms. The van der Waals surface area contributed by atoms with Crippen molar-refractivity contribution >= 4 is 40.1 Å². The topological polar surface area (TPSA) is 179 Å². The van der Waals surface area contributed by atoms with Crippen LogP contribution in [0.15, 0.2) is 30.9 Å². The number of carboxylic acid groups (broad SMARTS) is 1. The Bertz CT molecular complexity index is 1740. The molecular formula is C32H45N9O5. The standard InChI is InChI=1S/C32H45N9O5/c1-30(2,3)17-9-10-18-19(13-17)38-28(37-18)39-21(31(4,5)6)11-12-40(29(42)43)14-20-23-24(46-32(7,8)45-23)27(44-20)41-16-36-22-25(33)34-15-35-26(22)41/h9-10,13,15-16,20-21,23-24,27H,11-12,14H2,1-8H3,(H,42,43)(H2,33,34,35)(H2,37,38,39)/t20-,21?,23-,24-,27-/m1/s1. The van der Waals surface area contributed by atoms with Gasteiger partial charge in [0.2, 0.25) is 5.95 Å². The third-order valence-electron chi connectivity index (χ3n) is 8.85. The van der Waals surface area contributed by atoms with Gasteiger partial charge >= 0.3 is 6.09 Å². The number of nitrogens with one attached hydrogen (secondary N) is 2. The summed E-state index contributed by atoms with van der Waals surface area (Å²) in [6, 6.07) is 6.19. The van der Waals surface area contributed by atoms with E-state index in [9.17, 15) is 9.90 Å². The molecule has 1 aromatic carbocycles. The number of hydrogen-bond acceptors (Lipinski definition) is 10. The molecule has 6 rings (SSSR count). The average Bonchev–Trinajstić information content (AvgIpc) is 3.70. The molecule has 5 heterocycles. The van der Waals surface area contributed by atoms with Crippen molar-refractivity contribution in [2.75, 3.05) is 24.1 Å². The lowest BCUT2D eigenvalue weighted by atomic mass is 9.84. The zero-order chi connectivity index (χ0) is 33.2. The first-order valence-electron chi connectivity index (χ1n) is 15.7. The van der Waals surface area contributed by atoms with Gasteiger partial charge in [-0.15, -0.1) is 0 Å². The van der Waals surface area contributed by atoms with E-state index in [2.05, 4.69) is 78.9 Å². The Balaban J connectivity index is 1.19. The maximum Gasteiger partial charge on any atom is 0.407 e. The fourth-order valence-electron chi connectivity index (χ4n) is 6.28. The monoisotopic (exact) mass is 635 g/mol. The van der Waals surface area contributed by atoms with Crippen LogP contribution in [0, 0.1) is 5.41 Å². The number of benzene rings is 1. The fraction of sp³-hybridized carbons (Fsp3) is 0.594. The SMILES string of the molecule is CC1(C)O[C@@H]2[C@H](O1)[C@@H](CN(CCC(Nc1nc3ccc(C(C)(C)C)cc3[nH]1)C(C)(C)C)C(=O)O)O[C@H]2n1cnc2c(N)ncnc21. The number of fused-ring (bicyclic) bond motifs is 3. The van der Waals surface area contributed by atoms with Crippen molar-refractivity contribution in [3.8, 4) is 0 Å². The number of carbonyl (C=O) groups is 1. The van der Waals surface area contributed by atoms with Crippen LogP contribution in [0.5, 0.6) is 0 Å². The van der Waals surface area contributed by atoms with Crippen LogP contribution in [0.1, 0.15) is 73.6 Å². The van der Waals surface area contributed by atoms with Crippen LogP contribution >= 0.6 is 0 Å². The Hall–Kier alpha value is -4.01. The summed E-state index contributed by atoms with van der Waals surface area (Å²) < 4.78 is 20.7. The molecule has 3 aromatic heterocycles. The van der Waals surface area contributed by atoms with Crippen molar-refractivity contribution in [3.63, 3.8) is 0 Å². The number of hydrogen-bond donors (Lipinski definition) is 4. The van der Waals surface area contributed by atoms with Crippen molar-refractivity contribution < 1.29 is 24.1 Å². The lowest BCUT2D eigenvalue weighted by molar-refractivity contribution is -0.197. The Morgan fingerprint density at radius 3 is 2.59 bits per heavy atom. The molecule has 2 fully saturated rings. The minimum Gasteiger partial charge on any atom is -0.465 e. The molecule has 0 radical (unpaired) electrons. The van der Waals surface area contributed by atoms with Crippen LogP contribution in [-0.4, -0.2) is 88.8 Å². The van der Waals surface area contributed by atoms with Gasteiger partial charge in [-0.3, -0.25) is 4.57 Å². The summed E-state index contributed by atoms with van der Waals surface area (Å²) in [5.41, 5.74) is 9.84. The van der Waals surface area contributed by atoms with E-state index in [-0.39, 0.29) is 35.8 Å². The highest BCUT2D eigenvalue weighted by atomic mass is 16.8. The van der Waals surface area contributed by atoms with Crippen molar-refractivity contribution in [2.45, 2.75) is 104 Å². The second-order valence-corrected chi connectivity index (χ2v) is 14.9. The molecule has 14 nitrogen and oxygen atoms in total. The Morgan fingerprint density at radius 1 is 1.15 bits per heavy atom. The molecule has 4 aromatic rings. The van der Waals surface area contributed by atoms with Crippen molar-refractivity contribution in [1.29, 1.82) is 0 Å².